The number of carbonyl (C=O) groups excluding carboxylic acids is 2. The summed E-state index contributed by atoms with van der Waals surface area (Å²) in [6, 6.07) is 0. The molecular weight excluding hydrogens is 192 g/mol. The van der Waals surface area contributed by atoms with Crippen LogP contribution in [0.25, 0.3) is 0 Å². The van der Waals surface area contributed by atoms with E-state index in [0.29, 0.717) is 19.3 Å². The van der Waals surface area contributed by atoms with E-state index in [9.17, 15) is 13.8 Å². The van der Waals surface area contributed by atoms with Gasteiger partial charge < -0.3 is 0 Å². The van der Waals surface area contributed by atoms with E-state index in [1.54, 1.807) is 0 Å². The van der Waals surface area contributed by atoms with Gasteiger partial charge in [-0.15, -0.1) is 0 Å². The lowest BCUT2D eigenvalue weighted by Crippen LogP contribution is -2.18. The molecule has 0 bridgehead atoms. The fourth-order valence-corrected chi connectivity index (χ4v) is 1.85. The van der Waals surface area contributed by atoms with Gasteiger partial charge in [0.05, 0.1) is 0 Å². The Morgan fingerprint density at radius 3 is 2.38 bits per heavy atom. The summed E-state index contributed by atoms with van der Waals surface area (Å²) in [6.07, 6.45) is 2.26. The average molecular weight is 204 g/mol. The van der Waals surface area contributed by atoms with Crippen molar-refractivity contribution in [3.63, 3.8) is 0 Å². The topological polar surface area (TPSA) is 60.4 Å². The molecule has 74 valence electrons. The maximum Gasteiger partial charge on any atom is 0.163 e. The molecule has 0 N–H and O–H groups in total. The molecule has 0 radical (unpaired) electrons. The monoisotopic (exact) mass is 204 g/mol. The molecule has 1 aliphatic rings. The summed E-state index contributed by atoms with van der Waals surface area (Å²) in [5, 5.41) is 0. The third-order valence-electron chi connectivity index (χ3n) is 1.79. The second-order valence-corrected chi connectivity index (χ2v) is 4.13. The van der Waals surface area contributed by atoms with Gasteiger partial charge in [0.2, 0.25) is 0 Å². The molecule has 1 aliphatic heterocycles. The van der Waals surface area contributed by atoms with Crippen molar-refractivity contribution >= 4 is 22.6 Å². The Balaban J connectivity index is 2.46. The summed E-state index contributed by atoms with van der Waals surface area (Å²) in [4.78, 5) is 22.0. The molecule has 0 aromatic rings. The van der Waals surface area contributed by atoms with Crippen LogP contribution in [0.4, 0.5) is 0 Å². The van der Waals surface area contributed by atoms with Crippen molar-refractivity contribution in [2.24, 2.45) is 0 Å². The van der Waals surface area contributed by atoms with Gasteiger partial charge in [0, 0.05) is 12.8 Å². The van der Waals surface area contributed by atoms with E-state index >= 15 is 0 Å². The van der Waals surface area contributed by atoms with Crippen molar-refractivity contribution in [3.05, 3.63) is 0 Å². The van der Waals surface area contributed by atoms with E-state index < -0.39 is 11.1 Å². The molecule has 4 nitrogen and oxygen atoms in total. The number of hydrogen-bond donors (Lipinski definition) is 0. The van der Waals surface area contributed by atoms with Crippen LogP contribution in [0.15, 0.2) is 0 Å². The first-order chi connectivity index (χ1) is 6.18. The van der Waals surface area contributed by atoms with Crippen LogP contribution >= 0.6 is 0 Å². The highest BCUT2D eigenvalue weighted by Gasteiger charge is 2.13. The van der Waals surface area contributed by atoms with Crippen LogP contribution in [0.2, 0.25) is 0 Å². The lowest BCUT2D eigenvalue weighted by Gasteiger charge is -2.06. The van der Waals surface area contributed by atoms with Crippen LogP contribution < -0.4 is 0 Å². The van der Waals surface area contributed by atoms with E-state index in [-0.39, 0.29) is 23.9 Å². The molecule has 0 saturated carbocycles. The van der Waals surface area contributed by atoms with Crippen molar-refractivity contribution in [3.8, 4) is 0 Å². The highest BCUT2D eigenvalue weighted by atomic mass is 32.2. The SMILES string of the molecule is O=C1CCCCC(=O)CS(=O)OC1. The fraction of sp³-hybridized carbons (Fsp3) is 0.750. The van der Waals surface area contributed by atoms with Gasteiger partial charge in [-0.1, -0.05) is 0 Å². The third kappa shape index (κ3) is 4.28. The predicted octanol–water partition coefficient (Wildman–Crippen LogP) is 0.379. The van der Waals surface area contributed by atoms with Crippen LogP contribution in [-0.2, 0) is 24.9 Å². The molecule has 1 saturated heterocycles. The number of hydrogen-bond acceptors (Lipinski definition) is 4. The number of ketones is 2. The summed E-state index contributed by atoms with van der Waals surface area (Å²) in [5.41, 5.74) is 0. The van der Waals surface area contributed by atoms with Crippen molar-refractivity contribution < 1.29 is 18.0 Å². The van der Waals surface area contributed by atoms with E-state index in [1.807, 2.05) is 0 Å². The van der Waals surface area contributed by atoms with Crippen molar-refractivity contribution in [1.82, 2.24) is 0 Å². The first kappa shape index (κ1) is 10.5. The number of carbonyl (C=O) groups is 2. The molecule has 0 spiro atoms. The zero-order valence-corrected chi connectivity index (χ0v) is 8.10. The molecule has 5 heteroatoms. The van der Waals surface area contributed by atoms with Crippen LogP contribution in [-0.4, -0.2) is 28.1 Å². The standard InChI is InChI=1S/C8H12O4S/c9-7-3-1-2-4-8(10)6-13(11)12-5-7/h1-6H2. The maximum atomic E-state index is 11.0. The fourth-order valence-electron chi connectivity index (χ4n) is 1.09. The summed E-state index contributed by atoms with van der Waals surface area (Å²) in [5.74, 6) is -0.164. The predicted molar refractivity (Wildman–Crippen MR) is 47.4 cm³/mol. The summed E-state index contributed by atoms with van der Waals surface area (Å²) in [7, 11) is 0. The van der Waals surface area contributed by atoms with E-state index in [4.69, 9.17) is 4.18 Å². The summed E-state index contributed by atoms with van der Waals surface area (Å²) < 4.78 is 15.7. The van der Waals surface area contributed by atoms with Crippen LogP contribution in [0, 0.1) is 0 Å². The minimum atomic E-state index is -1.61. The maximum absolute atomic E-state index is 11.0. The first-order valence-corrected chi connectivity index (χ1v) is 5.48. The first-order valence-electron chi connectivity index (χ1n) is 4.23. The molecule has 1 fully saturated rings. The van der Waals surface area contributed by atoms with Gasteiger partial charge in [-0.25, -0.2) is 4.21 Å². The molecule has 0 aromatic carbocycles. The largest absolute Gasteiger partial charge is 0.299 e. The van der Waals surface area contributed by atoms with Crippen molar-refractivity contribution in [2.75, 3.05) is 12.4 Å². The van der Waals surface area contributed by atoms with Gasteiger partial charge in [0.25, 0.3) is 0 Å². The highest BCUT2D eigenvalue weighted by Crippen LogP contribution is 2.05. The van der Waals surface area contributed by atoms with Crippen LogP contribution in [0.3, 0.4) is 0 Å². The zero-order chi connectivity index (χ0) is 9.68. The van der Waals surface area contributed by atoms with Gasteiger partial charge in [0.1, 0.15) is 18.1 Å². The van der Waals surface area contributed by atoms with Gasteiger partial charge >= 0.3 is 0 Å². The number of rotatable bonds is 0. The van der Waals surface area contributed by atoms with E-state index in [1.165, 1.54) is 0 Å². The van der Waals surface area contributed by atoms with Crippen LogP contribution in [0.5, 0.6) is 0 Å². The van der Waals surface area contributed by atoms with Gasteiger partial charge in [-0.3, -0.25) is 13.8 Å². The van der Waals surface area contributed by atoms with Crippen LogP contribution in [0.1, 0.15) is 25.7 Å². The lowest BCUT2D eigenvalue weighted by atomic mass is 10.1. The Morgan fingerprint density at radius 1 is 1.08 bits per heavy atom. The van der Waals surface area contributed by atoms with Gasteiger partial charge in [-0.05, 0) is 12.8 Å². The lowest BCUT2D eigenvalue weighted by molar-refractivity contribution is -0.122. The average Bonchev–Trinajstić information content (AvgIpc) is 2.08. The second kappa shape index (κ2) is 5.24. The second-order valence-electron chi connectivity index (χ2n) is 2.99. The quantitative estimate of drug-likeness (QED) is 0.572. The Bertz CT molecular complexity index is 236. The molecular formula is C8H12O4S. The Morgan fingerprint density at radius 2 is 1.69 bits per heavy atom. The minimum Gasteiger partial charge on any atom is -0.299 e. The normalized spacial score (nSPS) is 27.2. The molecule has 1 atom stereocenters. The molecule has 1 heterocycles. The molecule has 0 amide bonds. The number of Topliss-reactive ketones (excluding diaryl/α,β-unsaturated/α-hetero) is 2. The molecule has 0 aromatic heterocycles. The Kier molecular flexibility index (Phi) is 4.24. The molecule has 1 unspecified atom stereocenters. The minimum absolute atomic E-state index is 0.0392. The Labute approximate surface area is 79.3 Å². The van der Waals surface area contributed by atoms with Gasteiger partial charge in [0.15, 0.2) is 16.9 Å². The van der Waals surface area contributed by atoms with E-state index in [0.717, 1.165) is 6.42 Å². The highest BCUT2D eigenvalue weighted by molar-refractivity contribution is 7.81. The molecule has 1 rings (SSSR count). The Hall–Kier alpha value is -0.550. The molecule has 0 aliphatic carbocycles. The summed E-state index contributed by atoms with van der Waals surface area (Å²) in [6.45, 7) is -0.125. The van der Waals surface area contributed by atoms with Gasteiger partial charge in [-0.2, -0.15) is 0 Å². The molecule has 13 heavy (non-hydrogen) atoms. The van der Waals surface area contributed by atoms with E-state index in [2.05, 4.69) is 0 Å². The zero-order valence-electron chi connectivity index (χ0n) is 7.28. The third-order valence-corrected chi connectivity index (χ3v) is 2.73. The summed E-state index contributed by atoms with van der Waals surface area (Å²) >= 11 is -1.61. The smallest absolute Gasteiger partial charge is 0.163 e. The van der Waals surface area contributed by atoms with Crippen molar-refractivity contribution in [2.45, 2.75) is 25.7 Å². The van der Waals surface area contributed by atoms with Crippen molar-refractivity contribution in [1.29, 1.82) is 0 Å².